The number of anilines is 1. The Morgan fingerprint density at radius 1 is 0.800 bits per heavy atom. The van der Waals surface area contributed by atoms with E-state index in [2.05, 4.69) is 5.09 Å². The van der Waals surface area contributed by atoms with E-state index in [1.807, 2.05) is 60.7 Å². The van der Waals surface area contributed by atoms with Crippen LogP contribution in [0.25, 0.3) is 0 Å². The van der Waals surface area contributed by atoms with Gasteiger partial charge in [0.15, 0.2) is 5.75 Å². The predicted molar refractivity (Wildman–Crippen MR) is 101 cm³/mol. The number of esters is 1. The fourth-order valence-electron chi connectivity index (χ4n) is 2.53. The summed E-state index contributed by atoms with van der Waals surface area (Å²) in [5, 5.41) is 4.50. The molecule has 3 rings (SSSR count). The maximum absolute atomic E-state index is 14.0. The summed E-state index contributed by atoms with van der Waals surface area (Å²) in [6.45, 7) is 1.34. The number of rotatable bonds is 5. The molecule has 0 aliphatic rings. The molecule has 1 N–H and O–H groups in total. The van der Waals surface area contributed by atoms with Crippen molar-refractivity contribution in [1.29, 1.82) is 0 Å². The maximum Gasteiger partial charge on any atom is 0.308 e. The van der Waals surface area contributed by atoms with Gasteiger partial charge in [0.1, 0.15) is 0 Å². The minimum atomic E-state index is -3.16. The van der Waals surface area contributed by atoms with E-state index in [0.29, 0.717) is 22.0 Å². The van der Waals surface area contributed by atoms with Crippen molar-refractivity contribution in [1.82, 2.24) is 0 Å². The molecule has 5 heteroatoms. The molecule has 0 aromatic heterocycles. The van der Waals surface area contributed by atoms with Crippen LogP contribution >= 0.6 is 7.29 Å². The van der Waals surface area contributed by atoms with Gasteiger partial charge in [-0.2, -0.15) is 0 Å². The standard InChI is InChI=1S/C20H18NO3P/c1-16(22)24-20-15-9-8-14-19(20)21-25(23,17-10-4-2-5-11-17)18-12-6-3-7-13-18/h2-15H,1H3,(H,21,23). The van der Waals surface area contributed by atoms with E-state index >= 15 is 0 Å². The van der Waals surface area contributed by atoms with Crippen molar-refractivity contribution in [3.8, 4) is 5.75 Å². The van der Waals surface area contributed by atoms with Gasteiger partial charge in [-0.3, -0.25) is 9.36 Å². The summed E-state index contributed by atoms with van der Waals surface area (Å²) in [5.41, 5.74) is 0.508. The first kappa shape index (κ1) is 17.0. The van der Waals surface area contributed by atoms with Crippen LogP contribution in [0.4, 0.5) is 5.69 Å². The van der Waals surface area contributed by atoms with E-state index in [0.717, 1.165) is 0 Å². The van der Waals surface area contributed by atoms with Crippen LogP contribution in [-0.4, -0.2) is 5.97 Å². The Kier molecular flexibility index (Phi) is 5.01. The molecule has 0 saturated carbocycles. The highest BCUT2D eigenvalue weighted by Gasteiger charge is 2.28. The minimum Gasteiger partial charge on any atom is -0.424 e. The molecule has 4 nitrogen and oxygen atoms in total. The Labute approximate surface area is 146 Å². The molecular weight excluding hydrogens is 333 g/mol. The van der Waals surface area contributed by atoms with Crippen LogP contribution in [-0.2, 0) is 9.36 Å². The molecule has 0 aliphatic carbocycles. The van der Waals surface area contributed by atoms with Gasteiger partial charge in [0.2, 0.25) is 7.29 Å². The van der Waals surface area contributed by atoms with E-state index in [4.69, 9.17) is 4.74 Å². The van der Waals surface area contributed by atoms with Gasteiger partial charge in [0.25, 0.3) is 0 Å². The number of nitrogens with one attached hydrogen (secondary N) is 1. The molecule has 0 fully saturated rings. The van der Waals surface area contributed by atoms with Gasteiger partial charge < -0.3 is 9.82 Å². The monoisotopic (exact) mass is 351 g/mol. The van der Waals surface area contributed by atoms with E-state index in [1.54, 1.807) is 24.3 Å². The first-order valence-electron chi connectivity index (χ1n) is 7.86. The second-order valence-electron chi connectivity index (χ2n) is 5.48. The zero-order valence-corrected chi connectivity index (χ0v) is 14.6. The molecule has 0 saturated heterocycles. The molecule has 0 radical (unpaired) electrons. The third kappa shape index (κ3) is 3.81. The highest BCUT2D eigenvalue weighted by atomic mass is 31.2. The summed E-state index contributed by atoms with van der Waals surface area (Å²) in [6.07, 6.45) is 0. The molecule has 0 bridgehead atoms. The van der Waals surface area contributed by atoms with Crippen LogP contribution in [0.15, 0.2) is 84.9 Å². The number of hydrogen-bond donors (Lipinski definition) is 1. The van der Waals surface area contributed by atoms with Crippen LogP contribution in [0.5, 0.6) is 5.75 Å². The van der Waals surface area contributed by atoms with Crippen molar-refractivity contribution >= 4 is 29.6 Å². The lowest BCUT2D eigenvalue weighted by atomic mass is 10.3. The first-order valence-corrected chi connectivity index (χ1v) is 9.57. The zero-order chi connectivity index (χ0) is 17.7. The second kappa shape index (κ2) is 7.37. The third-order valence-electron chi connectivity index (χ3n) is 3.66. The van der Waals surface area contributed by atoms with Gasteiger partial charge in [-0.15, -0.1) is 0 Å². The Bertz CT molecular complexity index is 867. The summed E-state index contributed by atoms with van der Waals surface area (Å²) in [5.74, 6) is -0.0782. The normalized spacial score (nSPS) is 10.9. The lowest BCUT2D eigenvalue weighted by molar-refractivity contribution is -0.131. The molecule has 0 atom stereocenters. The fraction of sp³-hybridized carbons (Fsp3) is 0.0500. The summed E-state index contributed by atoms with van der Waals surface area (Å²) in [6, 6.07) is 25.5. The maximum atomic E-state index is 14.0. The Morgan fingerprint density at radius 3 is 1.80 bits per heavy atom. The third-order valence-corrected chi connectivity index (χ3v) is 6.26. The lowest BCUT2D eigenvalue weighted by Crippen LogP contribution is -2.22. The summed E-state index contributed by atoms with van der Waals surface area (Å²) >= 11 is 0. The van der Waals surface area contributed by atoms with Gasteiger partial charge in [0, 0.05) is 17.5 Å². The molecular formula is C20H18NO3P. The lowest BCUT2D eigenvalue weighted by Gasteiger charge is -2.22. The average molecular weight is 351 g/mol. The number of ether oxygens (including phenoxy) is 1. The molecule has 3 aromatic rings. The highest BCUT2D eigenvalue weighted by Crippen LogP contribution is 2.45. The van der Waals surface area contributed by atoms with Crippen molar-refractivity contribution in [2.75, 3.05) is 5.09 Å². The second-order valence-corrected chi connectivity index (χ2v) is 7.96. The minimum absolute atomic E-state index is 0.349. The zero-order valence-electron chi connectivity index (χ0n) is 13.8. The van der Waals surface area contributed by atoms with Gasteiger partial charge in [-0.05, 0) is 36.4 Å². The molecule has 25 heavy (non-hydrogen) atoms. The highest BCUT2D eigenvalue weighted by molar-refractivity contribution is 7.80. The average Bonchev–Trinajstić information content (AvgIpc) is 2.64. The summed E-state index contributed by atoms with van der Waals surface area (Å²) in [7, 11) is -3.16. The molecule has 0 spiro atoms. The SMILES string of the molecule is CC(=O)Oc1ccccc1NP(=O)(c1ccccc1)c1ccccc1. The smallest absolute Gasteiger partial charge is 0.308 e. The van der Waals surface area contributed by atoms with E-state index < -0.39 is 13.3 Å². The summed E-state index contributed by atoms with van der Waals surface area (Å²) < 4.78 is 19.2. The predicted octanol–water partition coefficient (Wildman–Crippen LogP) is 3.95. The Morgan fingerprint density at radius 2 is 1.28 bits per heavy atom. The fourth-order valence-corrected chi connectivity index (χ4v) is 4.79. The van der Waals surface area contributed by atoms with Crippen molar-refractivity contribution in [3.63, 3.8) is 0 Å². The number of para-hydroxylation sites is 2. The molecule has 126 valence electrons. The van der Waals surface area contributed by atoms with Crippen LogP contribution in [0.1, 0.15) is 6.92 Å². The van der Waals surface area contributed by atoms with Crippen LogP contribution in [0, 0.1) is 0 Å². The Hall–Kier alpha value is -2.84. The number of benzene rings is 3. The van der Waals surface area contributed by atoms with E-state index in [9.17, 15) is 9.36 Å². The molecule has 0 unspecified atom stereocenters. The van der Waals surface area contributed by atoms with Gasteiger partial charge >= 0.3 is 5.97 Å². The van der Waals surface area contributed by atoms with Crippen molar-refractivity contribution in [3.05, 3.63) is 84.9 Å². The summed E-state index contributed by atoms with van der Waals surface area (Å²) in [4.78, 5) is 11.4. The van der Waals surface area contributed by atoms with Crippen molar-refractivity contribution < 1.29 is 14.1 Å². The number of carbonyl (C=O) groups is 1. The van der Waals surface area contributed by atoms with Gasteiger partial charge in [-0.1, -0.05) is 48.5 Å². The molecule has 0 aliphatic heterocycles. The molecule has 3 aromatic carbocycles. The van der Waals surface area contributed by atoms with Gasteiger partial charge in [-0.25, -0.2) is 0 Å². The number of carbonyl (C=O) groups excluding carboxylic acids is 1. The van der Waals surface area contributed by atoms with Crippen LogP contribution in [0.3, 0.4) is 0 Å². The molecule has 0 heterocycles. The Balaban J connectivity index is 2.09. The largest absolute Gasteiger partial charge is 0.424 e. The van der Waals surface area contributed by atoms with Crippen molar-refractivity contribution in [2.45, 2.75) is 6.92 Å². The van der Waals surface area contributed by atoms with Crippen LogP contribution in [0.2, 0.25) is 0 Å². The topological polar surface area (TPSA) is 55.4 Å². The van der Waals surface area contributed by atoms with Gasteiger partial charge in [0.05, 0.1) is 5.69 Å². The number of hydrogen-bond acceptors (Lipinski definition) is 3. The van der Waals surface area contributed by atoms with E-state index in [-0.39, 0.29) is 0 Å². The van der Waals surface area contributed by atoms with Crippen LogP contribution < -0.4 is 20.4 Å². The van der Waals surface area contributed by atoms with Crippen molar-refractivity contribution in [2.24, 2.45) is 0 Å². The quantitative estimate of drug-likeness (QED) is 0.430. The van der Waals surface area contributed by atoms with E-state index in [1.165, 1.54) is 6.92 Å². The first-order chi connectivity index (χ1) is 12.1. The molecule has 0 amide bonds.